The van der Waals surface area contributed by atoms with E-state index in [1.54, 1.807) is 14.2 Å². The number of anilines is 1. The molecular formula is C23H34N4O3. The minimum Gasteiger partial charge on any atom is -0.493 e. The van der Waals surface area contributed by atoms with E-state index in [1.165, 1.54) is 18.5 Å². The van der Waals surface area contributed by atoms with Crippen LogP contribution in [-0.4, -0.2) is 54.1 Å². The summed E-state index contributed by atoms with van der Waals surface area (Å²) in [6.07, 6.45) is 2.46. The fraction of sp³-hybridized carbons (Fsp3) is 0.478. The average Bonchev–Trinajstić information content (AvgIpc) is 3.43. The van der Waals surface area contributed by atoms with Gasteiger partial charge in [-0.15, -0.1) is 0 Å². The van der Waals surface area contributed by atoms with Gasteiger partial charge < -0.3 is 19.5 Å². The average molecular weight is 415 g/mol. The number of imidazole rings is 1. The Kier molecular flexibility index (Phi) is 8.47. The number of rotatable bonds is 4. The predicted molar refractivity (Wildman–Crippen MR) is 122 cm³/mol. The zero-order valence-electron chi connectivity index (χ0n) is 19.2. The van der Waals surface area contributed by atoms with Crippen LogP contribution in [0.1, 0.15) is 38.1 Å². The van der Waals surface area contributed by atoms with Crippen molar-refractivity contribution in [3.05, 3.63) is 35.7 Å². The van der Waals surface area contributed by atoms with Crippen LogP contribution in [0.5, 0.6) is 11.5 Å². The van der Waals surface area contributed by atoms with Gasteiger partial charge in [-0.2, -0.15) is 5.10 Å². The molecule has 2 aromatic heterocycles. The zero-order valence-corrected chi connectivity index (χ0v) is 19.2. The van der Waals surface area contributed by atoms with Gasteiger partial charge in [-0.1, -0.05) is 13.8 Å². The zero-order chi connectivity index (χ0) is 22.3. The molecule has 1 saturated heterocycles. The van der Waals surface area contributed by atoms with Gasteiger partial charge >= 0.3 is 0 Å². The summed E-state index contributed by atoms with van der Waals surface area (Å²) in [5.41, 5.74) is 6.03. The highest BCUT2D eigenvalue weighted by molar-refractivity contribution is 5.76. The van der Waals surface area contributed by atoms with E-state index in [2.05, 4.69) is 11.0 Å². The summed E-state index contributed by atoms with van der Waals surface area (Å²) in [5, 5.41) is 11.8. The Labute approximate surface area is 179 Å². The quantitative estimate of drug-likeness (QED) is 0.688. The van der Waals surface area contributed by atoms with Crippen LogP contribution >= 0.6 is 0 Å². The van der Waals surface area contributed by atoms with Gasteiger partial charge in [0, 0.05) is 25.8 Å². The molecule has 7 heteroatoms. The van der Waals surface area contributed by atoms with Crippen molar-refractivity contribution in [2.24, 2.45) is 0 Å². The predicted octanol–water partition coefficient (Wildman–Crippen LogP) is 4.27. The van der Waals surface area contributed by atoms with Crippen LogP contribution in [0.15, 0.2) is 24.3 Å². The Balaban J connectivity index is 0.000000757. The van der Waals surface area contributed by atoms with Gasteiger partial charge in [-0.05, 0) is 51.0 Å². The van der Waals surface area contributed by atoms with Gasteiger partial charge in [0.1, 0.15) is 0 Å². The number of benzene rings is 1. The van der Waals surface area contributed by atoms with E-state index in [0.717, 1.165) is 48.5 Å². The lowest BCUT2D eigenvalue weighted by Gasteiger charge is -2.18. The van der Waals surface area contributed by atoms with Crippen LogP contribution in [0, 0.1) is 13.8 Å². The standard InChI is InChI=1S/C20H24N4O2.C2H6.CH4O/c1-13-11-16(23-9-5-6-10-23)20-21-14(2)19(24(20)22-13)15-7-8-17(25-3)18(12-15)26-4;2*1-2/h7-8,11-12H,5-6,9-10H2,1-4H3;1-2H3;2H,1H3. The Morgan fingerprint density at radius 3 is 2.17 bits per heavy atom. The highest BCUT2D eigenvalue weighted by Gasteiger charge is 2.21. The molecule has 0 bridgehead atoms. The van der Waals surface area contributed by atoms with E-state index >= 15 is 0 Å². The van der Waals surface area contributed by atoms with Crippen molar-refractivity contribution < 1.29 is 14.6 Å². The van der Waals surface area contributed by atoms with Crippen LogP contribution in [0.3, 0.4) is 0 Å². The Morgan fingerprint density at radius 1 is 0.933 bits per heavy atom. The first-order valence-corrected chi connectivity index (χ1v) is 10.4. The summed E-state index contributed by atoms with van der Waals surface area (Å²) < 4.78 is 12.8. The fourth-order valence-electron chi connectivity index (χ4n) is 3.74. The molecule has 0 radical (unpaired) electrons. The second kappa shape index (κ2) is 10.8. The third kappa shape index (κ3) is 4.51. The maximum absolute atomic E-state index is 7.00. The Morgan fingerprint density at radius 2 is 1.57 bits per heavy atom. The summed E-state index contributed by atoms with van der Waals surface area (Å²) in [6, 6.07) is 8.07. The SMILES string of the molecule is CC.CO.COc1ccc(-c2c(C)nc3c(N4CCCC4)cc(C)nn23)cc1OC. The monoisotopic (exact) mass is 414 g/mol. The maximum Gasteiger partial charge on any atom is 0.178 e. The molecule has 0 unspecified atom stereocenters. The van der Waals surface area contributed by atoms with Crippen molar-refractivity contribution in [1.82, 2.24) is 14.6 Å². The van der Waals surface area contributed by atoms with Crippen molar-refractivity contribution in [2.45, 2.75) is 40.5 Å². The third-order valence-corrected chi connectivity index (χ3v) is 4.96. The van der Waals surface area contributed by atoms with Gasteiger partial charge in [-0.3, -0.25) is 0 Å². The molecule has 3 aromatic rings. The molecule has 0 atom stereocenters. The number of aliphatic hydroxyl groups excluding tert-OH is 1. The summed E-state index contributed by atoms with van der Waals surface area (Å²) in [4.78, 5) is 7.27. The van der Waals surface area contributed by atoms with Crippen molar-refractivity contribution >= 4 is 11.3 Å². The lowest BCUT2D eigenvalue weighted by atomic mass is 10.1. The van der Waals surface area contributed by atoms with Crippen LogP contribution in [0.25, 0.3) is 16.9 Å². The molecule has 0 spiro atoms. The van der Waals surface area contributed by atoms with Crippen LogP contribution in [0.2, 0.25) is 0 Å². The topological polar surface area (TPSA) is 72.1 Å². The Bertz CT molecular complexity index is 963. The molecule has 0 saturated carbocycles. The number of fused-ring (bicyclic) bond motifs is 1. The molecule has 0 aliphatic carbocycles. The number of aromatic nitrogens is 3. The van der Waals surface area contributed by atoms with E-state index in [-0.39, 0.29) is 0 Å². The number of methoxy groups -OCH3 is 2. The summed E-state index contributed by atoms with van der Waals surface area (Å²) >= 11 is 0. The second-order valence-corrected chi connectivity index (χ2v) is 6.72. The molecule has 164 valence electrons. The van der Waals surface area contributed by atoms with Crippen LogP contribution in [0.4, 0.5) is 5.69 Å². The largest absolute Gasteiger partial charge is 0.493 e. The molecule has 3 heterocycles. The highest BCUT2D eigenvalue weighted by Crippen LogP contribution is 2.35. The van der Waals surface area contributed by atoms with E-state index in [9.17, 15) is 0 Å². The first-order chi connectivity index (χ1) is 14.6. The smallest absolute Gasteiger partial charge is 0.178 e. The van der Waals surface area contributed by atoms with E-state index in [1.807, 2.05) is 50.4 Å². The molecular weight excluding hydrogens is 380 g/mol. The molecule has 30 heavy (non-hydrogen) atoms. The number of aliphatic hydroxyl groups is 1. The lowest BCUT2D eigenvalue weighted by molar-refractivity contribution is 0.355. The summed E-state index contributed by atoms with van der Waals surface area (Å²) in [7, 11) is 4.29. The molecule has 4 rings (SSSR count). The summed E-state index contributed by atoms with van der Waals surface area (Å²) in [6.45, 7) is 10.2. The number of ether oxygens (including phenoxy) is 2. The lowest BCUT2D eigenvalue weighted by Crippen LogP contribution is -2.19. The first-order valence-electron chi connectivity index (χ1n) is 10.4. The Hall–Kier alpha value is -2.80. The molecule has 1 N–H and O–H groups in total. The maximum atomic E-state index is 7.00. The highest BCUT2D eigenvalue weighted by atomic mass is 16.5. The van der Waals surface area contributed by atoms with Crippen molar-refractivity contribution in [3.63, 3.8) is 0 Å². The molecule has 7 nitrogen and oxygen atoms in total. The van der Waals surface area contributed by atoms with Crippen LogP contribution in [-0.2, 0) is 0 Å². The van der Waals surface area contributed by atoms with Gasteiger partial charge in [0.2, 0.25) is 0 Å². The van der Waals surface area contributed by atoms with Gasteiger partial charge in [0.15, 0.2) is 17.1 Å². The number of aryl methyl sites for hydroxylation is 2. The second-order valence-electron chi connectivity index (χ2n) is 6.72. The molecule has 0 amide bonds. The minimum atomic E-state index is 0.701. The summed E-state index contributed by atoms with van der Waals surface area (Å²) in [5.74, 6) is 1.41. The molecule has 1 aliphatic rings. The normalized spacial score (nSPS) is 12.7. The number of hydrogen-bond acceptors (Lipinski definition) is 6. The number of hydrogen-bond donors (Lipinski definition) is 1. The third-order valence-electron chi connectivity index (χ3n) is 4.96. The van der Waals surface area contributed by atoms with E-state index in [0.29, 0.717) is 11.5 Å². The van der Waals surface area contributed by atoms with Crippen molar-refractivity contribution in [1.29, 1.82) is 0 Å². The molecule has 1 aliphatic heterocycles. The van der Waals surface area contributed by atoms with E-state index in [4.69, 9.17) is 24.7 Å². The fourth-order valence-corrected chi connectivity index (χ4v) is 3.74. The van der Waals surface area contributed by atoms with Gasteiger partial charge in [-0.25, -0.2) is 9.50 Å². The van der Waals surface area contributed by atoms with Crippen LogP contribution < -0.4 is 14.4 Å². The van der Waals surface area contributed by atoms with Gasteiger partial charge in [0.05, 0.1) is 37.0 Å². The minimum absolute atomic E-state index is 0.701. The molecule has 1 fully saturated rings. The van der Waals surface area contributed by atoms with Crippen molar-refractivity contribution in [2.75, 3.05) is 39.3 Å². The van der Waals surface area contributed by atoms with Crippen molar-refractivity contribution in [3.8, 4) is 22.8 Å². The molecule has 1 aromatic carbocycles. The van der Waals surface area contributed by atoms with E-state index < -0.39 is 0 Å². The first kappa shape index (κ1) is 23.5. The number of nitrogens with zero attached hydrogens (tertiary/aromatic N) is 4. The van der Waals surface area contributed by atoms with Gasteiger partial charge in [0.25, 0.3) is 0 Å².